The molecule has 114 valence electrons. The first-order valence-corrected chi connectivity index (χ1v) is 9.21. The first-order chi connectivity index (χ1) is 10.3. The van der Waals surface area contributed by atoms with E-state index in [1.54, 1.807) is 0 Å². The number of thiazole rings is 1. The van der Waals surface area contributed by atoms with Crippen molar-refractivity contribution in [1.82, 2.24) is 10.3 Å². The summed E-state index contributed by atoms with van der Waals surface area (Å²) >= 11 is 1.83. The number of hydrogen-bond donors (Lipinski definition) is 1. The lowest BCUT2D eigenvalue weighted by Crippen LogP contribution is -2.38. The first-order valence-electron chi connectivity index (χ1n) is 8.39. The summed E-state index contributed by atoms with van der Waals surface area (Å²) in [6.07, 6.45) is 8.28. The molecule has 1 fully saturated rings. The predicted octanol–water partition coefficient (Wildman–Crippen LogP) is 5.31. The molecule has 1 aliphatic rings. The minimum Gasteiger partial charge on any atom is -0.305 e. The maximum absolute atomic E-state index is 4.80. The zero-order chi connectivity index (χ0) is 14.7. The van der Waals surface area contributed by atoms with Gasteiger partial charge >= 0.3 is 0 Å². The summed E-state index contributed by atoms with van der Waals surface area (Å²) in [6.45, 7) is 4.58. The fraction of sp³-hybridized carbons (Fsp3) is 0.611. The molecule has 1 aromatic heterocycles. The molecule has 0 amide bonds. The van der Waals surface area contributed by atoms with E-state index in [-0.39, 0.29) is 0 Å². The number of nitrogens with one attached hydrogen (secondary N) is 1. The van der Waals surface area contributed by atoms with Crippen LogP contribution in [0.4, 0.5) is 0 Å². The van der Waals surface area contributed by atoms with E-state index in [2.05, 4.69) is 43.4 Å². The van der Waals surface area contributed by atoms with Crippen LogP contribution in [0.2, 0.25) is 0 Å². The largest absolute Gasteiger partial charge is 0.305 e. The number of aromatic nitrogens is 1. The van der Waals surface area contributed by atoms with Crippen LogP contribution in [0, 0.1) is 5.92 Å². The second kappa shape index (κ2) is 6.89. The Hall–Kier alpha value is -0.930. The molecule has 1 aromatic carbocycles. The smallest absolute Gasteiger partial charge is 0.111 e. The SMILES string of the molecule is CCC(NC(C)c1nc2ccccc2s1)C1CCCCC1. The molecule has 0 radical (unpaired) electrons. The quantitative estimate of drug-likeness (QED) is 0.810. The highest BCUT2D eigenvalue weighted by Gasteiger charge is 2.24. The van der Waals surface area contributed by atoms with Crippen molar-refractivity contribution < 1.29 is 0 Å². The van der Waals surface area contributed by atoms with Gasteiger partial charge in [-0.15, -0.1) is 11.3 Å². The summed E-state index contributed by atoms with van der Waals surface area (Å²) in [6, 6.07) is 9.45. The third-order valence-electron chi connectivity index (χ3n) is 4.80. The third kappa shape index (κ3) is 3.46. The normalized spacial score (nSPS) is 19.7. The lowest BCUT2D eigenvalue weighted by atomic mass is 9.82. The summed E-state index contributed by atoms with van der Waals surface area (Å²) in [5.41, 5.74) is 1.14. The van der Waals surface area contributed by atoms with Gasteiger partial charge in [-0.2, -0.15) is 0 Å². The van der Waals surface area contributed by atoms with Crippen molar-refractivity contribution in [3.8, 4) is 0 Å². The van der Waals surface area contributed by atoms with Crippen molar-refractivity contribution in [1.29, 1.82) is 0 Å². The molecule has 3 heteroatoms. The van der Waals surface area contributed by atoms with E-state index in [1.165, 1.54) is 48.2 Å². The number of benzene rings is 1. The molecule has 1 aliphatic carbocycles. The van der Waals surface area contributed by atoms with Gasteiger partial charge < -0.3 is 5.32 Å². The number of fused-ring (bicyclic) bond motifs is 1. The van der Waals surface area contributed by atoms with Crippen molar-refractivity contribution in [2.45, 2.75) is 64.5 Å². The van der Waals surface area contributed by atoms with Crippen LogP contribution in [-0.4, -0.2) is 11.0 Å². The van der Waals surface area contributed by atoms with Crippen LogP contribution in [-0.2, 0) is 0 Å². The molecular formula is C18H26N2S. The van der Waals surface area contributed by atoms with Gasteiger partial charge in [-0.25, -0.2) is 4.98 Å². The summed E-state index contributed by atoms with van der Waals surface area (Å²) in [5, 5.41) is 5.09. The van der Waals surface area contributed by atoms with Crippen molar-refractivity contribution >= 4 is 21.6 Å². The lowest BCUT2D eigenvalue weighted by Gasteiger charge is -2.32. The molecule has 3 rings (SSSR count). The van der Waals surface area contributed by atoms with E-state index < -0.39 is 0 Å². The monoisotopic (exact) mass is 302 g/mol. The maximum Gasteiger partial charge on any atom is 0.111 e. The molecule has 1 N–H and O–H groups in total. The molecule has 0 aliphatic heterocycles. The molecule has 21 heavy (non-hydrogen) atoms. The van der Waals surface area contributed by atoms with Crippen molar-refractivity contribution in [3.63, 3.8) is 0 Å². The number of rotatable bonds is 5. The molecule has 1 heterocycles. The van der Waals surface area contributed by atoms with Crippen molar-refractivity contribution in [2.75, 3.05) is 0 Å². The maximum atomic E-state index is 4.80. The molecule has 2 atom stereocenters. The van der Waals surface area contributed by atoms with Gasteiger partial charge in [-0.3, -0.25) is 0 Å². The summed E-state index contributed by atoms with van der Waals surface area (Å²) in [5.74, 6) is 0.862. The first kappa shape index (κ1) is 15.0. The van der Waals surface area contributed by atoms with E-state index in [4.69, 9.17) is 4.98 Å². The van der Waals surface area contributed by atoms with Crippen LogP contribution in [0.3, 0.4) is 0 Å². The van der Waals surface area contributed by atoms with Gasteiger partial charge in [0.25, 0.3) is 0 Å². The molecule has 1 saturated carbocycles. The fourth-order valence-corrected chi connectivity index (χ4v) is 4.57. The van der Waals surface area contributed by atoms with Crippen LogP contribution in [0.25, 0.3) is 10.2 Å². The lowest BCUT2D eigenvalue weighted by molar-refractivity contribution is 0.249. The number of hydrogen-bond acceptors (Lipinski definition) is 3. The minimum atomic E-state index is 0.356. The number of para-hydroxylation sites is 1. The van der Waals surface area contributed by atoms with Gasteiger partial charge in [-0.05, 0) is 44.2 Å². The summed E-state index contributed by atoms with van der Waals surface area (Å²) in [7, 11) is 0. The van der Waals surface area contributed by atoms with Crippen LogP contribution in [0.1, 0.15) is 63.4 Å². The van der Waals surface area contributed by atoms with E-state index in [0.29, 0.717) is 12.1 Å². The van der Waals surface area contributed by atoms with Gasteiger partial charge in [0, 0.05) is 6.04 Å². The minimum absolute atomic E-state index is 0.356. The Bertz CT molecular complexity index is 538. The Labute approximate surface area is 132 Å². The van der Waals surface area contributed by atoms with Gasteiger partial charge in [0.1, 0.15) is 5.01 Å². The van der Waals surface area contributed by atoms with Crippen LogP contribution < -0.4 is 5.32 Å². The second-order valence-electron chi connectivity index (χ2n) is 6.32. The van der Waals surface area contributed by atoms with Gasteiger partial charge in [-0.1, -0.05) is 38.3 Å². The molecule has 0 spiro atoms. The molecule has 2 aromatic rings. The highest BCUT2D eigenvalue weighted by Crippen LogP contribution is 2.31. The highest BCUT2D eigenvalue weighted by molar-refractivity contribution is 7.18. The van der Waals surface area contributed by atoms with Gasteiger partial charge in [0.15, 0.2) is 0 Å². The Morgan fingerprint density at radius 1 is 1.24 bits per heavy atom. The van der Waals surface area contributed by atoms with Crippen LogP contribution in [0.5, 0.6) is 0 Å². The Kier molecular flexibility index (Phi) is 4.91. The zero-order valence-electron chi connectivity index (χ0n) is 13.1. The average Bonchev–Trinajstić information content (AvgIpc) is 2.97. The molecular weight excluding hydrogens is 276 g/mol. The van der Waals surface area contributed by atoms with E-state index in [9.17, 15) is 0 Å². The predicted molar refractivity (Wildman–Crippen MR) is 91.8 cm³/mol. The van der Waals surface area contributed by atoms with Gasteiger partial charge in [0.2, 0.25) is 0 Å². The molecule has 0 bridgehead atoms. The molecule has 2 unspecified atom stereocenters. The fourth-order valence-electron chi connectivity index (χ4n) is 3.59. The average molecular weight is 302 g/mol. The van der Waals surface area contributed by atoms with E-state index >= 15 is 0 Å². The summed E-state index contributed by atoms with van der Waals surface area (Å²) in [4.78, 5) is 4.80. The summed E-state index contributed by atoms with van der Waals surface area (Å²) < 4.78 is 1.30. The van der Waals surface area contributed by atoms with Crippen LogP contribution >= 0.6 is 11.3 Å². The zero-order valence-corrected chi connectivity index (χ0v) is 14.0. The number of nitrogens with zero attached hydrogens (tertiary/aromatic N) is 1. The van der Waals surface area contributed by atoms with Crippen molar-refractivity contribution in [3.05, 3.63) is 29.3 Å². The highest BCUT2D eigenvalue weighted by atomic mass is 32.1. The Balaban J connectivity index is 1.69. The Morgan fingerprint density at radius 3 is 2.71 bits per heavy atom. The van der Waals surface area contributed by atoms with Crippen molar-refractivity contribution in [2.24, 2.45) is 5.92 Å². The second-order valence-corrected chi connectivity index (χ2v) is 7.38. The van der Waals surface area contributed by atoms with Gasteiger partial charge in [0.05, 0.1) is 16.3 Å². The van der Waals surface area contributed by atoms with E-state index in [0.717, 1.165) is 11.4 Å². The third-order valence-corrected chi connectivity index (χ3v) is 6.02. The molecule has 0 saturated heterocycles. The topological polar surface area (TPSA) is 24.9 Å². The Morgan fingerprint density at radius 2 is 2.00 bits per heavy atom. The molecule has 2 nitrogen and oxygen atoms in total. The standard InChI is InChI=1S/C18H26N2S/c1-3-15(14-9-5-4-6-10-14)19-13(2)18-20-16-11-7-8-12-17(16)21-18/h7-8,11-15,19H,3-6,9-10H2,1-2H3. The van der Waals surface area contributed by atoms with E-state index in [1.807, 2.05) is 11.3 Å². The van der Waals surface area contributed by atoms with Crippen LogP contribution in [0.15, 0.2) is 24.3 Å².